The van der Waals surface area contributed by atoms with Crippen LogP contribution in [-0.2, 0) is 17.5 Å². The number of hydrogen-bond donors (Lipinski definition) is 2. The normalized spacial score (nSPS) is 25.0. The fourth-order valence-corrected chi connectivity index (χ4v) is 4.97. The van der Waals surface area contributed by atoms with Gasteiger partial charge < -0.3 is 15.2 Å². The van der Waals surface area contributed by atoms with Crippen LogP contribution in [0.15, 0.2) is 36.5 Å². The lowest BCUT2D eigenvalue weighted by molar-refractivity contribution is -0.137. The van der Waals surface area contributed by atoms with Crippen molar-refractivity contribution in [1.82, 2.24) is 10.3 Å². The zero-order valence-corrected chi connectivity index (χ0v) is 17.2. The van der Waals surface area contributed by atoms with Crippen molar-refractivity contribution in [2.24, 2.45) is 17.8 Å². The molecule has 31 heavy (non-hydrogen) atoms. The van der Waals surface area contributed by atoms with Gasteiger partial charge in [-0.15, -0.1) is 0 Å². The molecule has 1 aromatic heterocycles. The van der Waals surface area contributed by atoms with Crippen LogP contribution in [0.3, 0.4) is 0 Å². The summed E-state index contributed by atoms with van der Waals surface area (Å²) in [6.07, 6.45) is -0.00172. The van der Waals surface area contributed by atoms with Crippen molar-refractivity contribution in [3.8, 4) is 5.75 Å². The molecule has 2 aliphatic carbocycles. The van der Waals surface area contributed by atoms with Gasteiger partial charge in [-0.2, -0.15) is 13.2 Å². The number of amides is 1. The van der Waals surface area contributed by atoms with Crippen LogP contribution >= 0.6 is 0 Å². The fourth-order valence-electron chi connectivity index (χ4n) is 4.97. The lowest BCUT2D eigenvalue weighted by Gasteiger charge is -2.30. The predicted molar refractivity (Wildman–Crippen MR) is 107 cm³/mol. The van der Waals surface area contributed by atoms with Gasteiger partial charge in [0.2, 0.25) is 0 Å². The third kappa shape index (κ3) is 4.69. The number of alkyl halides is 3. The first-order valence-corrected chi connectivity index (χ1v) is 10.4. The number of aromatic nitrogens is 1. The number of pyridine rings is 1. The van der Waals surface area contributed by atoms with E-state index in [2.05, 4.69) is 10.3 Å². The molecule has 1 heterocycles. The topological polar surface area (TPSA) is 71.5 Å². The van der Waals surface area contributed by atoms with E-state index in [4.69, 9.17) is 4.74 Å². The predicted octanol–water partition coefficient (Wildman–Crippen LogP) is 4.48. The van der Waals surface area contributed by atoms with E-state index in [0.717, 1.165) is 31.4 Å². The molecular weight excluding hydrogens is 409 g/mol. The maximum absolute atomic E-state index is 12.9. The highest BCUT2D eigenvalue weighted by Gasteiger charge is 2.46. The highest BCUT2D eigenvalue weighted by molar-refractivity contribution is 5.95. The Morgan fingerprint density at radius 2 is 2.06 bits per heavy atom. The van der Waals surface area contributed by atoms with Crippen LogP contribution in [0.4, 0.5) is 13.2 Å². The lowest BCUT2D eigenvalue weighted by Crippen LogP contribution is -2.42. The van der Waals surface area contributed by atoms with Gasteiger partial charge in [-0.3, -0.25) is 4.79 Å². The third-order valence-electron chi connectivity index (χ3n) is 6.46. The highest BCUT2D eigenvalue weighted by Crippen LogP contribution is 2.48. The van der Waals surface area contributed by atoms with Crippen molar-refractivity contribution in [2.45, 2.75) is 45.0 Å². The van der Waals surface area contributed by atoms with Gasteiger partial charge >= 0.3 is 6.18 Å². The lowest BCUT2D eigenvalue weighted by atomic mass is 9.85. The first kappa shape index (κ1) is 21.6. The van der Waals surface area contributed by atoms with E-state index in [1.165, 1.54) is 12.3 Å². The molecule has 2 aliphatic rings. The minimum absolute atomic E-state index is 0.0184. The molecule has 4 atom stereocenters. The largest absolute Gasteiger partial charge is 0.505 e. The van der Waals surface area contributed by atoms with Crippen LogP contribution in [0.2, 0.25) is 0 Å². The van der Waals surface area contributed by atoms with Crippen molar-refractivity contribution in [1.29, 1.82) is 0 Å². The maximum atomic E-state index is 12.9. The average molecular weight is 434 g/mol. The molecule has 2 saturated carbocycles. The summed E-state index contributed by atoms with van der Waals surface area (Å²) < 4.78 is 44.3. The fraction of sp³-hybridized carbons (Fsp3) is 0.478. The summed E-state index contributed by atoms with van der Waals surface area (Å²) in [5, 5.41) is 13.1. The average Bonchev–Trinajstić information content (AvgIpc) is 3.29. The van der Waals surface area contributed by atoms with E-state index in [-0.39, 0.29) is 41.8 Å². The Labute approximate surface area is 178 Å². The summed E-state index contributed by atoms with van der Waals surface area (Å²) in [4.78, 5) is 16.6. The Morgan fingerprint density at radius 3 is 2.81 bits per heavy atom. The van der Waals surface area contributed by atoms with E-state index in [1.54, 1.807) is 19.1 Å². The number of carbonyl (C=O) groups excluding carboxylic acids is 1. The van der Waals surface area contributed by atoms with Crippen LogP contribution in [0.25, 0.3) is 0 Å². The summed E-state index contributed by atoms with van der Waals surface area (Å²) in [7, 11) is 0. The van der Waals surface area contributed by atoms with Crippen molar-refractivity contribution in [3.05, 3.63) is 58.9 Å². The van der Waals surface area contributed by atoms with Gasteiger partial charge in [-0.1, -0.05) is 12.1 Å². The molecule has 0 spiro atoms. The van der Waals surface area contributed by atoms with E-state index in [9.17, 15) is 23.1 Å². The van der Waals surface area contributed by atoms with E-state index >= 15 is 0 Å². The van der Waals surface area contributed by atoms with Crippen molar-refractivity contribution >= 4 is 5.91 Å². The molecular formula is C23H25F3N2O3. The number of aromatic hydroxyl groups is 1. The number of nitrogens with one attached hydrogen (secondary N) is 1. The van der Waals surface area contributed by atoms with Gasteiger partial charge in [-0.05, 0) is 73.3 Å². The van der Waals surface area contributed by atoms with E-state index in [1.807, 2.05) is 0 Å². The number of fused-ring (bicyclic) bond motifs is 2. The molecule has 166 valence electrons. The van der Waals surface area contributed by atoms with Crippen molar-refractivity contribution in [2.75, 3.05) is 6.61 Å². The quantitative estimate of drug-likeness (QED) is 0.704. The third-order valence-corrected chi connectivity index (χ3v) is 6.46. The number of rotatable bonds is 6. The summed E-state index contributed by atoms with van der Waals surface area (Å²) in [5.74, 6) is 0.499. The number of ether oxygens (including phenoxy) is 1. The number of halogens is 3. The number of aryl methyl sites for hydroxylation is 1. The van der Waals surface area contributed by atoms with Crippen LogP contribution in [0.1, 0.15) is 46.4 Å². The second-order valence-corrected chi connectivity index (χ2v) is 8.62. The SMILES string of the molecule is Cc1ccnc(C(=O)N[C@H]2CC3CC2[C@@H](COCc2cccc(C(F)(F)F)c2)C3)c1O. The molecule has 1 amide bonds. The summed E-state index contributed by atoms with van der Waals surface area (Å²) in [6.45, 7) is 2.27. The number of benzene rings is 1. The van der Waals surface area contributed by atoms with Gasteiger partial charge in [0.05, 0.1) is 18.8 Å². The summed E-state index contributed by atoms with van der Waals surface area (Å²) >= 11 is 0. The molecule has 2 unspecified atom stereocenters. The smallest absolute Gasteiger partial charge is 0.416 e. The zero-order valence-electron chi connectivity index (χ0n) is 17.2. The Bertz CT molecular complexity index is 963. The first-order valence-electron chi connectivity index (χ1n) is 10.4. The zero-order chi connectivity index (χ0) is 22.2. The molecule has 2 N–H and O–H groups in total. The Kier molecular flexibility index (Phi) is 5.92. The molecule has 0 saturated heterocycles. The molecule has 1 aromatic carbocycles. The standard InChI is InChI=1S/C23H25F3N2O3/c1-13-5-6-27-20(21(13)29)22(30)28-19-10-15-7-16(18(19)9-15)12-31-11-14-3-2-4-17(8-14)23(24,25)26/h2-6,8,15-16,18-19,29H,7,9-12H2,1H3,(H,28,30)/t15?,16-,18?,19+/m1/s1. The molecule has 5 nitrogen and oxygen atoms in total. The molecule has 0 aliphatic heterocycles. The monoisotopic (exact) mass is 434 g/mol. The van der Waals surface area contributed by atoms with Crippen LogP contribution in [-0.4, -0.2) is 28.6 Å². The Hall–Kier alpha value is -2.61. The second kappa shape index (κ2) is 8.49. The van der Waals surface area contributed by atoms with Gasteiger partial charge in [-0.25, -0.2) is 4.98 Å². The van der Waals surface area contributed by atoms with Gasteiger partial charge in [0, 0.05) is 12.2 Å². The Balaban J connectivity index is 1.32. The molecule has 8 heteroatoms. The summed E-state index contributed by atoms with van der Waals surface area (Å²) in [5.41, 5.74) is 0.433. The minimum atomic E-state index is -4.37. The van der Waals surface area contributed by atoms with Gasteiger partial charge in [0.15, 0.2) is 5.69 Å². The number of hydrogen-bond acceptors (Lipinski definition) is 4. The number of carbonyl (C=O) groups is 1. The minimum Gasteiger partial charge on any atom is -0.505 e. The molecule has 2 bridgehead atoms. The van der Waals surface area contributed by atoms with Gasteiger partial charge in [0.25, 0.3) is 5.91 Å². The van der Waals surface area contributed by atoms with E-state index < -0.39 is 11.7 Å². The van der Waals surface area contributed by atoms with Gasteiger partial charge in [0.1, 0.15) is 5.75 Å². The molecule has 0 radical (unpaired) electrons. The Morgan fingerprint density at radius 1 is 1.26 bits per heavy atom. The van der Waals surface area contributed by atoms with E-state index in [0.29, 0.717) is 23.7 Å². The second-order valence-electron chi connectivity index (χ2n) is 8.62. The molecule has 2 fully saturated rings. The highest BCUT2D eigenvalue weighted by atomic mass is 19.4. The summed E-state index contributed by atoms with van der Waals surface area (Å²) in [6, 6.07) is 6.80. The van der Waals surface area contributed by atoms with Crippen LogP contribution in [0, 0.1) is 24.7 Å². The first-order chi connectivity index (χ1) is 14.7. The molecule has 4 rings (SSSR count). The number of nitrogens with zero attached hydrogens (tertiary/aromatic N) is 1. The van der Waals surface area contributed by atoms with Crippen molar-refractivity contribution in [3.63, 3.8) is 0 Å². The van der Waals surface area contributed by atoms with Crippen molar-refractivity contribution < 1.29 is 27.8 Å². The van der Waals surface area contributed by atoms with Crippen LogP contribution in [0.5, 0.6) is 5.75 Å². The van der Waals surface area contributed by atoms with Crippen LogP contribution < -0.4 is 5.32 Å². The maximum Gasteiger partial charge on any atom is 0.416 e. The molecule has 2 aromatic rings.